The minimum Gasteiger partial charge on any atom is -0.446 e. The van der Waals surface area contributed by atoms with Crippen LogP contribution in [0.2, 0.25) is 0 Å². The van der Waals surface area contributed by atoms with Gasteiger partial charge in [-0.05, 0) is 13.8 Å². The number of aryl methyl sites for hydroxylation is 2. The Morgan fingerprint density at radius 2 is 2.25 bits per heavy atom. The zero-order chi connectivity index (χ0) is 12.1. The van der Waals surface area contributed by atoms with E-state index in [4.69, 9.17) is 10.2 Å². The van der Waals surface area contributed by atoms with Gasteiger partial charge in [0.2, 0.25) is 5.91 Å². The fraction of sp³-hybridized carbons (Fsp3) is 0.636. The van der Waals surface area contributed by atoms with Crippen LogP contribution in [-0.2, 0) is 11.2 Å². The fourth-order valence-electron chi connectivity index (χ4n) is 1.49. The van der Waals surface area contributed by atoms with Gasteiger partial charge in [-0.1, -0.05) is 0 Å². The highest BCUT2D eigenvalue weighted by atomic mass is 16.4. The van der Waals surface area contributed by atoms with Crippen molar-refractivity contribution in [2.45, 2.75) is 39.7 Å². The van der Waals surface area contributed by atoms with Gasteiger partial charge in [0.15, 0.2) is 5.89 Å². The van der Waals surface area contributed by atoms with Gasteiger partial charge in [0.1, 0.15) is 5.76 Å². The second-order valence-corrected chi connectivity index (χ2v) is 4.02. The Labute approximate surface area is 95.4 Å². The van der Waals surface area contributed by atoms with Gasteiger partial charge in [-0.15, -0.1) is 0 Å². The van der Waals surface area contributed by atoms with Crippen LogP contribution in [0.1, 0.15) is 30.7 Å². The lowest BCUT2D eigenvalue weighted by Gasteiger charge is -2.06. The van der Waals surface area contributed by atoms with Crippen molar-refractivity contribution in [1.29, 1.82) is 0 Å². The van der Waals surface area contributed by atoms with Gasteiger partial charge in [0, 0.05) is 32.4 Å². The molecular formula is C11H19N3O2. The second kappa shape index (κ2) is 5.65. The molecule has 3 N–H and O–H groups in total. The van der Waals surface area contributed by atoms with Crippen molar-refractivity contribution in [2.24, 2.45) is 5.73 Å². The maximum atomic E-state index is 11.3. The predicted octanol–water partition coefficient (Wildman–Crippen LogP) is 0.687. The summed E-state index contributed by atoms with van der Waals surface area (Å²) in [5.74, 6) is 1.46. The Hall–Kier alpha value is -1.36. The molecule has 0 aliphatic carbocycles. The first kappa shape index (κ1) is 12.7. The molecule has 0 bridgehead atoms. The molecule has 1 amide bonds. The largest absolute Gasteiger partial charge is 0.446 e. The Kier molecular flexibility index (Phi) is 4.49. The Morgan fingerprint density at radius 3 is 2.75 bits per heavy atom. The van der Waals surface area contributed by atoms with E-state index >= 15 is 0 Å². The summed E-state index contributed by atoms with van der Waals surface area (Å²) in [6.45, 7) is 6.06. The molecule has 1 heterocycles. The van der Waals surface area contributed by atoms with E-state index in [2.05, 4.69) is 10.3 Å². The number of amides is 1. The monoisotopic (exact) mass is 225 g/mol. The minimum atomic E-state index is -0.101. The molecular weight excluding hydrogens is 206 g/mol. The summed E-state index contributed by atoms with van der Waals surface area (Å²) in [5, 5.41) is 2.80. The van der Waals surface area contributed by atoms with Gasteiger partial charge >= 0.3 is 0 Å². The zero-order valence-corrected chi connectivity index (χ0v) is 10.0. The summed E-state index contributed by atoms with van der Waals surface area (Å²) in [6, 6.07) is -0.101. The van der Waals surface area contributed by atoms with Crippen LogP contribution in [0.4, 0.5) is 0 Å². The third-order valence-corrected chi connectivity index (χ3v) is 2.19. The Bertz CT molecular complexity index is 358. The van der Waals surface area contributed by atoms with Gasteiger partial charge < -0.3 is 15.5 Å². The van der Waals surface area contributed by atoms with Gasteiger partial charge in [0.05, 0.1) is 5.69 Å². The molecule has 1 unspecified atom stereocenters. The number of rotatable bonds is 5. The van der Waals surface area contributed by atoms with Crippen LogP contribution in [0, 0.1) is 13.8 Å². The number of aromatic nitrogens is 1. The van der Waals surface area contributed by atoms with Crippen LogP contribution in [-0.4, -0.2) is 23.5 Å². The molecule has 1 aromatic heterocycles. The first-order valence-electron chi connectivity index (χ1n) is 5.44. The quantitative estimate of drug-likeness (QED) is 0.772. The van der Waals surface area contributed by atoms with Crippen molar-refractivity contribution in [2.75, 3.05) is 6.54 Å². The van der Waals surface area contributed by atoms with Gasteiger partial charge in [-0.3, -0.25) is 4.79 Å². The molecule has 0 saturated heterocycles. The number of nitrogens with one attached hydrogen (secondary N) is 1. The lowest BCUT2D eigenvalue weighted by molar-refractivity contribution is -0.121. The number of hydrogen-bond acceptors (Lipinski definition) is 4. The lowest BCUT2D eigenvalue weighted by atomic mass is 10.2. The van der Waals surface area contributed by atoms with E-state index in [0.29, 0.717) is 25.3 Å². The van der Waals surface area contributed by atoms with E-state index in [-0.39, 0.29) is 11.9 Å². The van der Waals surface area contributed by atoms with Gasteiger partial charge in [-0.25, -0.2) is 4.98 Å². The standard InChI is InChI=1S/C11H19N3O2/c1-7(12)6-11(15)13-5-4-10-8(2)16-9(3)14-10/h7H,4-6,12H2,1-3H3,(H,13,15). The van der Waals surface area contributed by atoms with Crippen LogP contribution in [0.25, 0.3) is 0 Å². The molecule has 16 heavy (non-hydrogen) atoms. The maximum Gasteiger partial charge on any atom is 0.221 e. The molecule has 0 aliphatic heterocycles. The number of hydrogen-bond donors (Lipinski definition) is 2. The van der Waals surface area contributed by atoms with E-state index in [1.54, 1.807) is 0 Å². The molecule has 0 fully saturated rings. The molecule has 0 spiro atoms. The van der Waals surface area contributed by atoms with E-state index in [0.717, 1.165) is 11.5 Å². The Balaban J connectivity index is 2.30. The molecule has 0 aromatic carbocycles. The summed E-state index contributed by atoms with van der Waals surface area (Å²) in [5.41, 5.74) is 6.42. The maximum absolute atomic E-state index is 11.3. The van der Waals surface area contributed by atoms with Crippen LogP contribution >= 0.6 is 0 Å². The first-order chi connectivity index (χ1) is 7.49. The first-order valence-corrected chi connectivity index (χ1v) is 5.44. The van der Waals surface area contributed by atoms with Gasteiger partial charge in [-0.2, -0.15) is 0 Å². The number of oxazole rings is 1. The van der Waals surface area contributed by atoms with Crippen molar-refractivity contribution in [3.05, 3.63) is 17.3 Å². The summed E-state index contributed by atoms with van der Waals surface area (Å²) >= 11 is 0. The fourth-order valence-corrected chi connectivity index (χ4v) is 1.49. The summed E-state index contributed by atoms with van der Waals surface area (Å²) in [7, 11) is 0. The molecule has 5 nitrogen and oxygen atoms in total. The van der Waals surface area contributed by atoms with E-state index in [1.807, 2.05) is 20.8 Å². The molecule has 5 heteroatoms. The number of nitrogens with zero attached hydrogens (tertiary/aromatic N) is 1. The minimum absolute atomic E-state index is 0.0205. The molecule has 90 valence electrons. The third-order valence-electron chi connectivity index (χ3n) is 2.19. The highest BCUT2D eigenvalue weighted by Crippen LogP contribution is 2.08. The van der Waals surface area contributed by atoms with Crippen LogP contribution in [0.3, 0.4) is 0 Å². The van der Waals surface area contributed by atoms with E-state index in [9.17, 15) is 4.79 Å². The third kappa shape index (κ3) is 4.02. The number of carbonyl (C=O) groups excluding carboxylic acids is 1. The lowest BCUT2D eigenvalue weighted by Crippen LogP contribution is -2.31. The molecule has 1 aromatic rings. The smallest absolute Gasteiger partial charge is 0.221 e. The normalized spacial score (nSPS) is 12.5. The highest BCUT2D eigenvalue weighted by molar-refractivity contribution is 5.76. The van der Waals surface area contributed by atoms with E-state index in [1.165, 1.54) is 0 Å². The van der Waals surface area contributed by atoms with Crippen LogP contribution in [0.5, 0.6) is 0 Å². The molecule has 1 rings (SSSR count). The topological polar surface area (TPSA) is 81.2 Å². The highest BCUT2D eigenvalue weighted by Gasteiger charge is 2.08. The van der Waals surface area contributed by atoms with Crippen LogP contribution in [0.15, 0.2) is 4.42 Å². The SMILES string of the molecule is Cc1nc(CCNC(=O)CC(C)N)c(C)o1. The Morgan fingerprint density at radius 1 is 1.56 bits per heavy atom. The molecule has 0 saturated carbocycles. The molecule has 1 atom stereocenters. The van der Waals surface area contributed by atoms with Crippen LogP contribution < -0.4 is 11.1 Å². The molecule has 0 aliphatic rings. The van der Waals surface area contributed by atoms with Gasteiger partial charge in [0.25, 0.3) is 0 Å². The van der Waals surface area contributed by atoms with Crippen molar-refractivity contribution in [3.63, 3.8) is 0 Å². The second-order valence-electron chi connectivity index (χ2n) is 4.02. The van der Waals surface area contributed by atoms with Crippen molar-refractivity contribution in [3.8, 4) is 0 Å². The molecule has 0 radical (unpaired) electrons. The van der Waals surface area contributed by atoms with Crippen molar-refractivity contribution in [1.82, 2.24) is 10.3 Å². The predicted molar refractivity (Wildman–Crippen MR) is 61.0 cm³/mol. The summed E-state index contributed by atoms with van der Waals surface area (Å²) < 4.78 is 5.29. The average molecular weight is 225 g/mol. The average Bonchev–Trinajstić information content (AvgIpc) is 2.44. The number of nitrogens with two attached hydrogens (primary N) is 1. The summed E-state index contributed by atoms with van der Waals surface area (Å²) in [4.78, 5) is 15.5. The van der Waals surface area contributed by atoms with Crippen molar-refractivity contribution >= 4 is 5.91 Å². The number of carbonyl (C=O) groups is 1. The van der Waals surface area contributed by atoms with E-state index < -0.39 is 0 Å². The zero-order valence-electron chi connectivity index (χ0n) is 10.0. The summed E-state index contributed by atoms with van der Waals surface area (Å²) in [6.07, 6.45) is 1.05. The van der Waals surface area contributed by atoms with Crippen molar-refractivity contribution < 1.29 is 9.21 Å².